The highest BCUT2D eigenvalue weighted by Gasteiger charge is 2.66. The Hall–Kier alpha value is -1.59. The number of benzene rings is 1. The van der Waals surface area contributed by atoms with Crippen LogP contribution < -0.4 is 0 Å². The predicted octanol–water partition coefficient (Wildman–Crippen LogP) is 3.02. The number of amides is 1. The van der Waals surface area contributed by atoms with Crippen LogP contribution in [0.5, 0.6) is 0 Å². The zero-order chi connectivity index (χ0) is 18.6. The predicted molar refractivity (Wildman–Crippen MR) is 102 cm³/mol. The van der Waals surface area contributed by atoms with E-state index in [1.807, 2.05) is 17.9 Å². The molecule has 5 nitrogen and oxygen atoms in total. The minimum absolute atomic E-state index is 0.0234. The average molecular weight is 370 g/mol. The van der Waals surface area contributed by atoms with Gasteiger partial charge in [0.1, 0.15) is 0 Å². The van der Waals surface area contributed by atoms with Gasteiger partial charge in [-0.3, -0.25) is 9.80 Å². The zero-order valence-corrected chi connectivity index (χ0v) is 16.1. The van der Waals surface area contributed by atoms with E-state index >= 15 is 0 Å². The molecule has 5 heteroatoms. The fraction of sp³-hybridized carbons (Fsp3) is 0.682. The summed E-state index contributed by atoms with van der Waals surface area (Å²) in [5.74, 6) is 0.747. The molecule has 3 bridgehead atoms. The highest BCUT2D eigenvalue weighted by Crippen LogP contribution is 2.59. The van der Waals surface area contributed by atoms with Crippen molar-refractivity contribution in [3.05, 3.63) is 35.9 Å². The summed E-state index contributed by atoms with van der Waals surface area (Å²) >= 11 is 0. The van der Waals surface area contributed by atoms with Gasteiger partial charge in [0.25, 0.3) is 0 Å². The molecule has 3 saturated heterocycles. The van der Waals surface area contributed by atoms with Gasteiger partial charge in [-0.15, -0.1) is 0 Å². The van der Waals surface area contributed by atoms with Crippen LogP contribution in [0.4, 0.5) is 4.79 Å². The molecule has 3 heterocycles. The van der Waals surface area contributed by atoms with Crippen molar-refractivity contribution in [2.75, 3.05) is 13.2 Å². The van der Waals surface area contributed by atoms with Crippen LogP contribution in [-0.4, -0.2) is 58.4 Å². The van der Waals surface area contributed by atoms with Gasteiger partial charge >= 0.3 is 6.09 Å². The van der Waals surface area contributed by atoms with Crippen LogP contribution >= 0.6 is 0 Å². The third kappa shape index (κ3) is 2.62. The van der Waals surface area contributed by atoms with Crippen LogP contribution in [0, 0.1) is 11.3 Å². The first-order valence-electron chi connectivity index (χ1n) is 10.5. The maximum absolute atomic E-state index is 12.7. The van der Waals surface area contributed by atoms with Crippen molar-refractivity contribution in [1.29, 1.82) is 0 Å². The molecule has 3 aliphatic heterocycles. The number of aliphatic hydroxyl groups excluding tert-OH is 1. The minimum Gasteiger partial charge on any atom is -0.450 e. The Morgan fingerprint density at radius 1 is 1.22 bits per heavy atom. The van der Waals surface area contributed by atoms with Gasteiger partial charge in [0.2, 0.25) is 0 Å². The molecule has 27 heavy (non-hydrogen) atoms. The lowest BCUT2D eigenvalue weighted by Gasteiger charge is -2.57. The lowest BCUT2D eigenvalue weighted by molar-refractivity contribution is -0.0862. The lowest BCUT2D eigenvalue weighted by atomic mass is 9.58. The van der Waals surface area contributed by atoms with Crippen molar-refractivity contribution in [3.8, 4) is 0 Å². The fourth-order valence-electron chi connectivity index (χ4n) is 6.41. The second kappa shape index (κ2) is 6.49. The molecule has 1 amide bonds. The largest absolute Gasteiger partial charge is 0.450 e. The normalized spacial score (nSPS) is 38.1. The van der Waals surface area contributed by atoms with E-state index in [2.05, 4.69) is 29.2 Å². The van der Waals surface area contributed by atoms with Gasteiger partial charge in [0.15, 0.2) is 0 Å². The van der Waals surface area contributed by atoms with E-state index < -0.39 is 6.10 Å². The molecule has 1 aliphatic carbocycles. The van der Waals surface area contributed by atoms with E-state index in [-0.39, 0.29) is 29.6 Å². The smallest absolute Gasteiger partial charge is 0.410 e. The SMILES string of the molecule is CCOC(=O)N1C2CC3(C4CCC4)CC1[C@H](O)C2N(Cc1ccccc1)C3. The molecule has 4 fully saturated rings. The third-order valence-electron chi connectivity index (χ3n) is 7.70. The number of hydrogen-bond donors (Lipinski definition) is 1. The first-order chi connectivity index (χ1) is 13.1. The van der Waals surface area contributed by atoms with Crippen LogP contribution in [0.15, 0.2) is 30.3 Å². The lowest BCUT2D eigenvalue weighted by Crippen LogP contribution is -2.63. The first-order valence-corrected chi connectivity index (χ1v) is 10.5. The summed E-state index contributed by atoms with van der Waals surface area (Å²) in [5.41, 5.74) is 1.53. The summed E-state index contributed by atoms with van der Waals surface area (Å²) in [6.07, 6.45) is 5.17. The summed E-state index contributed by atoms with van der Waals surface area (Å²) in [4.78, 5) is 17.1. The summed E-state index contributed by atoms with van der Waals surface area (Å²) in [6.45, 7) is 4.13. The number of fused-ring (bicyclic) bond motifs is 2. The van der Waals surface area contributed by atoms with E-state index in [1.54, 1.807) is 0 Å². The number of hydrogen-bond acceptors (Lipinski definition) is 4. The average Bonchev–Trinajstić information content (AvgIpc) is 2.72. The van der Waals surface area contributed by atoms with E-state index in [0.29, 0.717) is 6.61 Å². The fourth-order valence-corrected chi connectivity index (χ4v) is 6.41. The standard InChI is InChI=1S/C22H30N2O3/c1-2-27-21(26)24-17-11-22(16-9-6-10-16)12-18(24)20(25)19(17)23(14-22)13-15-7-4-3-5-8-15/h3-5,7-8,16-20,25H,2,6,9-14H2,1H3/t17?,18?,19?,20-,22?/m0/s1. The van der Waals surface area contributed by atoms with Gasteiger partial charge in [-0.1, -0.05) is 36.8 Å². The molecule has 0 aromatic heterocycles. The van der Waals surface area contributed by atoms with Crippen LogP contribution in [0.25, 0.3) is 0 Å². The van der Waals surface area contributed by atoms with Crippen molar-refractivity contribution in [2.45, 2.75) is 69.8 Å². The maximum Gasteiger partial charge on any atom is 0.410 e. The summed E-state index contributed by atoms with van der Waals surface area (Å²) in [6, 6.07) is 10.5. The molecule has 1 aromatic rings. The number of piperidine rings is 2. The van der Waals surface area contributed by atoms with E-state index in [9.17, 15) is 9.90 Å². The highest BCUT2D eigenvalue weighted by molar-refractivity contribution is 5.70. The minimum atomic E-state index is -0.479. The number of nitrogens with zero attached hydrogens (tertiary/aromatic N) is 2. The van der Waals surface area contributed by atoms with Crippen molar-refractivity contribution >= 4 is 6.09 Å². The number of ether oxygens (including phenoxy) is 1. The molecule has 5 rings (SSSR count). The Morgan fingerprint density at radius 3 is 2.63 bits per heavy atom. The summed E-state index contributed by atoms with van der Waals surface area (Å²) < 4.78 is 5.36. The van der Waals surface area contributed by atoms with Gasteiger partial charge in [0, 0.05) is 13.1 Å². The van der Waals surface area contributed by atoms with E-state index in [4.69, 9.17) is 4.74 Å². The zero-order valence-electron chi connectivity index (χ0n) is 16.1. The second-order valence-electron chi connectivity index (χ2n) is 9.01. The molecule has 1 N–H and O–H groups in total. The quantitative estimate of drug-likeness (QED) is 0.885. The van der Waals surface area contributed by atoms with Crippen LogP contribution in [0.3, 0.4) is 0 Å². The number of carbonyl (C=O) groups excluding carboxylic acids is 1. The van der Waals surface area contributed by atoms with Crippen molar-refractivity contribution < 1.29 is 14.6 Å². The first kappa shape index (κ1) is 17.5. The number of carbonyl (C=O) groups is 1. The molecule has 4 aliphatic rings. The molecule has 0 spiro atoms. The molecule has 1 saturated carbocycles. The molecule has 4 unspecified atom stereocenters. The molecule has 1 aromatic carbocycles. The maximum atomic E-state index is 12.7. The summed E-state index contributed by atoms with van der Waals surface area (Å²) in [7, 11) is 0. The van der Waals surface area contributed by atoms with Crippen LogP contribution in [-0.2, 0) is 11.3 Å². The van der Waals surface area contributed by atoms with Gasteiger partial charge in [-0.2, -0.15) is 0 Å². The van der Waals surface area contributed by atoms with Crippen molar-refractivity contribution in [1.82, 2.24) is 9.80 Å². The monoisotopic (exact) mass is 370 g/mol. The third-order valence-corrected chi connectivity index (χ3v) is 7.70. The highest BCUT2D eigenvalue weighted by atomic mass is 16.6. The molecular formula is C22H30N2O3. The van der Waals surface area contributed by atoms with Gasteiger partial charge in [-0.25, -0.2) is 4.79 Å². The van der Waals surface area contributed by atoms with E-state index in [1.165, 1.54) is 24.8 Å². The number of rotatable bonds is 4. The molecular weight excluding hydrogens is 340 g/mol. The van der Waals surface area contributed by atoms with Crippen LogP contribution in [0.1, 0.15) is 44.6 Å². The van der Waals surface area contributed by atoms with Gasteiger partial charge in [0.05, 0.1) is 30.8 Å². The van der Waals surface area contributed by atoms with E-state index in [0.717, 1.165) is 31.8 Å². The Kier molecular flexibility index (Phi) is 4.21. The molecule has 5 atom stereocenters. The number of likely N-dealkylation sites (tertiary alicyclic amines) is 1. The van der Waals surface area contributed by atoms with Gasteiger partial charge in [-0.05, 0) is 49.5 Å². The summed E-state index contributed by atoms with van der Waals surface area (Å²) in [5, 5.41) is 11.2. The molecule has 146 valence electrons. The number of aliphatic hydroxyl groups is 1. The van der Waals surface area contributed by atoms with Crippen molar-refractivity contribution in [2.24, 2.45) is 11.3 Å². The topological polar surface area (TPSA) is 53.0 Å². The Morgan fingerprint density at radius 2 is 1.96 bits per heavy atom. The van der Waals surface area contributed by atoms with Gasteiger partial charge < -0.3 is 9.84 Å². The Labute approximate surface area is 161 Å². The van der Waals surface area contributed by atoms with Crippen molar-refractivity contribution in [3.63, 3.8) is 0 Å². The van der Waals surface area contributed by atoms with Crippen LogP contribution in [0.2, 0.25) is 0 Å². The molecule has 0 radical (unpaired) electrons. The Balaban J connectivity index is 1.49. The second-order valence-corrected chi connectivity index (χ2v) is 9.01. The Bertz CT molecular complexity index is 707.